The van der Waals surface area contributed by atoms with Gasteiger partial charge >= 0.3 is 0 Å². The van der Waals surface area contributed by atoms with Crippen LogP contribution in [0.4, 0.5) is 0 Å². The standard InChI is InChI=1S/C15H17Br2NO2/c1-10(2)18-8-15-11(5-6-19-15)9-20-14-4-3-12(16)7-13(14)17/h3-7,10,18H,8-9H2,1-2H3. The molecule has 2 aromatic rings. The normalized spacial score (nSPS) is 11.1. The molecule has 0 saturated carbocycles. The lowest BCUT2D eigenvalue weighted by Gasteiger charge is -2.10. The Morgan fingerprint density at radius 3 is 2.75 bits per heavy atom. The molecule has 0 bridgehead atoms. The van der Waals surface area contributed by atoms with Crippen molar-refractivity contribution in [3.05, 3.63) is 50.8 Å². The van der Waals surface area contributed by atoms with Crippen LogP contribution in [0.25, 0.3) is 0 Å². The van der Waals surface area contributed by atoms with Crippen LogP contribution in [0.5, 0.6) is 5.75 Å². The molecule has 2 rings (SSSR count). The van der Waals surface area contributed by atoms with Crippen LogP contribution < -0.4 is 10.1 Å². The van der Waals surface area contributed by atoms with Gasteiger partial charge in [0.05, 0.1) is 17.3 Å². The van der Waals surface area contributed by atoms with Crippen molar-refractivity contribution >= 4 is 31.9 Å². The summed E-state index contributed by atoms with van der Waals surface area (Å²) in [6.07, 6.45) is 1.70. The molecule has 0 spiro atoms. The maximum absolute atomic E-state index is 5.83. The van der Waals surface area contributed by atoms with E-state index >= 15 is 0 Å². The predicted octanol–water partition coefficient (Wildman–Crippen LogP) is 4.88. The van der Waals surface area contributed by atoms with E-state index < -0.39 is 0 Å². The molecule has 0 saturated heterocycles. The van der Waals surface area contributed by atoms with E-state index in [0.717, 1.165) is 26.0 Å². The molecule has 5 heteroatoms. The van der Waals surface area contributed by atoms with Gasteiger partial charge in [0.1, 0.15) is 18.1 Å². The lowest BCUT2D eigenvalue weighted by Crippen LogP contribution is -2.22. The van der Waals surface area contributed by atoms with E-state index in [2.05, 4.69) is 51.0 Å². The smallest absolute Gasteiger partial charge is 0.134 e. The number of halogens is 2. The van der Waals surface area contributed by atoms with Crippen molar-refractivity contribution in [3.8, 4) is 5.75 Å². The Kier molecular flexibility index (Phi) is 5.69. The Morgan fingerprint density at radius 2 is 2.05 bits per heavy atom. The summed E-state index contributed by atoms with van der Waals surface area (Å²) in [5, 5.41) is 3.34. The van der Waals surface area contributed by atoms with Gasteiger partial charge in [-0.2, -0.15) is 0 Å². The fourth-order valence-electron chi connectivity index (χ4n) is 1.70. The summed E-state index contributed by atoms with van der Waals surface area (Å²) in [5.74, 6) is 1.74. The molecule has 0 fully saturated rings. The van der Waals surface area contributed by atoms with Crippen LogP contribution in [0.3, 0.4) is 0 Å². The van der Waals surface area contributed by atoms with Gasteiger partial charge in [0, 0.05) is 16.1 Å². The second kappa shape index (κ2) is 7.29. The number of furan rings is 1. The first kappa shape index (κ1) is 15.6. The molecule has 0 unspecified atom stereocenters. The van der Waals surface area contributed by atoms with Crippen LogP contribution in [0, 0.1) is 0 Å². The molecule has 3 nitrogen and oxygen atoms in total. The van der Waals surface area contributed by atoms with E-state index in [9.17, 15) is 0 Å². The Bertz CT molecular complexity index is 567. The molecule has 0 atom stereocenters. The Morgan fingerprint density at radius 1 is 1.25 bits per heavy atom. The van der Waals surface area contributed by atoms with Gasteiger partial charge in [0.2, 0.25) is 0 Å². The lowest BCUT2D eigenvalue weighted by molar-refractivity contribution is 0.299. The highest BCUT2D eigenvalue weighted by Gasteiger charge is 2.09. The molecule has 0 aliphatic carbocycles. The summed E-state index contributed by atoms with van der Waals surface area (Å²) in [6.45, 7) is 5.42. The zero-order valence-electron chi connectivity index (χ0n) is 11.5. The number of ether oxygens (including phenoxy) is 1. The number of benzene rings is 1. The minimum absolute atomic E-state index is 0.425. The third-order valence-corrected chi connectivity index (χ3v) is 3.90. The lowest BCUT2D eigenvalue weighted by atomic mass is 10.2. The van der Waals surface area contributed by atoms with Crippen molar-refractivity contribution in [2.45, 2.75) is 33.0 Å². The molecule has 1 heterocycles. The molecule has 0 aliphatic heterocycles. The summed E-state index contributed by atoms with van der Waals surface area (Å²) < 4.78 is 13.3. The summed E-state index contributed by atoms with van der Waals surface area (Å²) in [6, 6.07) is 8.22. The van der Waals surface area contributed by atoms with Gasteiger partial charge in [-0.25, -0.2) is 0 Å². The zero-order chi connectivity index (χ0) is 14.5. The first-order valence-electron chi connectivity index (χ1n) is 6.42. The maximum Gasteiger partial charge on any atom is 0.134 e. The van der Waals surface area contributed by atoms with Crippen LogP contribution in [-0.2, 0) is 13.2 Å². The average Bonchev–Trinajstić information content (AvgIpc) is 2.83. The monoisotopic (exact) mass is 401 g/mol. The summed E-state index contributed by atoms with van der Waals surface area (Å²) in [4.78, 5) is 0. The van der Waals surface area contributed by atoms with E-state index in [0.29, 0.717) is 19.2 Å². The number of rotatable bonds is 6. The van der Waals surface area contributed by atoms with Crippen molar-refractivity contribution in [1.82, 2.24) is 5.32 Å². The molecule has 0 aliphatic rings. The van der Waals surface area contributed by atoms with E-state index in [1.165, 1.54) is 0 Å². The van der Waals surface area contributed by atoms with Crippen molar-refractivity contribution in [2.24, 2.45) is 0 Å². The average molecular weight is 403 g/mol. The van der Waals surface area contributed by atoms with Gasteiger partial charge in [-0.05, 0) is 40.2 Å². The molecule has 0 radical (unpaired) electrons. The van der Waals surface area contributed by atoms with Gasteiger partial charge < -0.3 is 14.5 Å². The van der Waals surface area contributed by atoms with Crippen LogP contribution in [0.15, 0.2) is 43.9 Å². The number of nitrogens with one attached hydrogen (secondary N) is 1. The first-order chi connectivity index (χ1) is 9.56. The van der Waals surface area contributed by atoms with Crippen LogP contribution >= 0.6 is 31.9 Å². The first-order valence-corrected chi connectivity index (χ1v) is 8.01. The number of hydrogen-bond acceptors (Lipinski definition) is 3. The quantitative estimate of drug-likeness (QED) is 0.747. The fourth-order valence-corrected chi connectivity index (χ4v) is 2.86. The second-order valence-corrected chi connectivity index (χ2v) is 6.54. The molecule has 108 valence electrons. The molecular formula is C15H17Br2NO2. The van der Waals surface area contributed by atoms with E-state index in [1.807, 2.05) is 24.3 Å². The fraction of sp³-hybridized carbons (Fsp3) is 0.333. The summed E-state index contributed by atoms with van der Waals surface area (Å²) >= 11 is 6.91. The summed E-state index contributed by atoms with van der Waals surface area (Å²) in [7, 11) is 0. The van der Waals surface area contributed by atoms with Crippen molar-refractivity contribution in [1.29, 1.82) is 0 Å². The molecule has 1 N–H and O–H groups in total. The van der Waals surface area contributed by atoms with Crippen molar-refractivity contribution in [2.75, 3.05) is 0 Å². The van der Waals surface area contributed by atoms with Gasteiger partial charge in [-0.15, -0.1) is 0 Å². The Hall–Kier alpha value is -0.780. The Balaban J connectivity index is 1.98. The van der Waals surface area contributed by atoms with Crippen molar-refractivity contribution < 1.29 is 9.15 Å². The maximum atomic E-state index is 5.83. The van der Waals surface area contributed by atoms with Crippen LogP contribution in [0.1, 0.15) is 25.2 Å². The van der Waals surface area contributed by atoms with Gasteiger partial charge in [-0.3, -0.25) is 0 Å². The highest BCUT2D eigenvalue weighted by molar-refractivity contribution is 9.11. The zero-order valence-corrected chi connectivity index (χ0v) is 14.6. The van der Waals surface area contributed by atoms with E-state index in [4.69, 9.17) is 9.15 Å². The largest absolute Gasteiger partial charge is 0.488 e. The van der Waals surface area contributed by atoms with Crippen LogP contribution in [-0.4, -0.2) is 6.04 Å². The van der Waals surface area contributed by atoms with Crippen LogP contribution in [0.2, 0.25) is 0 Å². The SMILES string of the molecule is CC(C)NCc1occc1COc1ccc(Br)cc1Br. The van der Waals surface area contributed by atoms with E-state index in [1.54, 1.807) is 6.26 Å². The minimum Gasteiger partial charge on any atom is -0.488 e. The highest BCUT2D eigenvalue weighted by atomic mass is 79.9. The Labute approximate surface area is 136 Å². The minimum atomic E-state index is 0.425. The number of hydrogen-bond donors (Lipinski definition) is 1. The topological polar surface area (TPSA) is 34.4 Å². The summed E-state index contributed by atoms with van der Waals surface area (Å²) in [5.41, 5.74) is 1.06. The molecule has 20 heavy (non-hydrogen) atoms. The second-order valence-electron chi connectivity index (χ2n) is 4.77. The highest BCUT2D eigenvalue weighted by Crippen LogP contribution is 2.29. The molecule has 0 amide bonds. The third-order valence-electron chi connectivity index (χ3n) is 2.79. The molecule has 1 aromatic carbocycles. The van der Waals surface area contributed by atoms with Gasteiger partial charge in [-0.1, -0.05) is 29.8 Å². The van der Waals surface area contributed by atoms with Crippen molar-refractivity contribution in [3.63, 3.8) is 0 Å². The molecule has 1 aromatic heterocycles. The molecular weight excluding hydrogens is 386 g/mol. The third kappa shape index (κ3) is 4.36. The van der Waals surface area contributed by atoms with E-state index in [-0.39, 0.29) is 0 Å². The van der Waals surface area contributed by atoms with Gasteiger partial charge in [0.25, 0.3) is 0 Å². The van der Waals surface area contributed by atoms with Gasteiger partial charge in [0.15, 0.2) is 0 Å². The predicted molar refractivity (Wildman–Crippen MR) is 86.9 cm³/mol.